The van der Waals surface area contributed by atoms with Crippen LogP contribution in [-0.2, 0) is 4.79 Å². The maximum atomic E-state index is 11.4. The monoisotopic (exact) mass is 296 g/mol. The lowest BCUT2D eigenvalue weighted by molar-refractivity contribution is -0.105. The number of rotatable bonds is 3. The number of allylic oxidation sites excluding steroid dienone is 2. The Hall–Kier alpha value is -2.36. The normalized spacial score (nSPS) is 17.7. The lowest BCUT2D eigenvalue weighted by Crippen LogP contribution is -2.13. The summed E-state index contributed by atoms with van der Waals surface area (Å²) < 4.78 is 6.06. The summed E-state index contributed by atoms with van der Waals surface area (Å²) in [6, 6.07) is 7.87. The van der Waals surface area contributed by atoms with E-state index in [9.17, 15) is 4.79 Å². The predicted molar refractivity (Wildman–Crippen MR) is 87.7 cm³/mol. The summed E-state index contributed by atoms with van der Waals surface area (Å²) in [5.41, 5.74) is 3.72. The van der Waals surface area contributed by atoms with Crippen molar-refractivity contribution in [1.29, 1.82) is 0 Å². The zero-order valence-electron chi connectivity index (χ0n) is 13.0. The van der Waals surface area contributed by atoms with Gasteiger partial charge in [-0.15, -0.1) is 0 Å². The van der Waals surface area contributed by atoms with Crippen LogP contribution in [0.3, 0.4) is 0 Å². The molecule has 0 unspecified atom stereocenters. The standard InChI is InChI=1S/C18H20N2O2/c1-20(2)12-19-17-14-8-5-6-10-16(14)22-18-13(11-21)7-3-4-9-15(17)18/h5-6,8,10-12H,3-4,7,9H2,1-2H3. The average Bonchev–Trinajstić information content (AvgIpc) is 2.73. The number of nitrogens with zero attached hydrogens (tertiary/aromatic N) is 2. The molecule has 1 heterocycles. The summed E-state index contributed by atoms with van der Waals surface area (Å²) in [6.45, 7) is 0. The molecule has 0 saturated heterocycles. The largest absolute Gasteiger partial charge is 0.456 e. The summed E-state index contributed by atoms with van der Waals surface area (Å²) >= 11 is 0. The summed E-state index contributed by atoms with van der Waals surface area (Å²) in [7, 11) is 3.89. The van der Waals surface area contributed by atoms with Crippen molar-refractivity contribution in [3.8, 4) is 5.75 Å². The second-order valence-corrected chi connectivity index (χ2v) is 5.81. The van der Waals surface area contributed by atoms with Crippen LogP contribution in [0.4, 0.5) is 0 Å². The number of para-hydroxylation sites is 1. The van der Waals surface area contributed by atoms with Crippen LogP contribution in [0, 0.1) is 0 Å². The molecule has 1 aromatic rings. The smallest absolute Gasteiger partial charge is 0.149 e. The molecule has 0 bridgehead atoms. The van der Waals surface area contributed by atoms with E-state index in [1.165, 1.54) is 0 Å². The second kappa shape index (κ2) is 6.18. The van der Waals surface area contributed by atoms with E-state index in [0.717, 1.165) is 65.9 Å². The number of benzene rings is 1. The molecule has 0 radical (unpaired) electrons. The molecular formula is C18H20N2O2. The van der Waals surface area contributed by atoms with Gasteiger partial charge in [-0.25, -0.2) is 4.99 Å². The van der Waals surface area contributed by atoms with E-state index < -0.39 is 0 Å². The van der Waals surface area contributed by atoms with Gasteiger partial charge in [-0.2, -0.15) is 0 Å². The molecule has 4 heteroatoms. The van der Waals surface area contributed by atoms with Crippen LogP contribution in [0.15, 0.2) is 46.2 Å². The number of carbonyl (C=O) groups is 1. The fourth-order valence-corrected chi connectivity index (χ4v) is 2.85. The van der Waals surface area contributed by atoms with Crippen LogP contribution in [0.25, 0.3) is 5.70 Å². The fourth-order valence-electron chi connectivity index (χ4n) is 2.85. The van der Waals surface area contributed by atoms with Crippen molar-refractivity contribution < 1.29 is 9.53 Å². The highest BCUT2D eigenvalue weighted by atomic mass is 16.5. The lowest BCUT2D eigenvalue weighted by atomic mass is 9.97. The highest BCUT2D eigenvalue weighted by molar-refractivity contribution is 5.85. The molecule has 0 atom stereocenters. The molecule has 1 aromatic carbocycles. The van der Waals surface area contributed by atoms with Crippen molar-refractivity contribution in [2.24, 2.45) is 4.99 Å². The molecular weight excluding hydrogens is 276 g/mol. The van der Waals surface area contributed by atoms with Crippen LogP contribution in [-0.4, -0.2) is 31.6 Å². The quantitative estimate of drug-likeness (QED) is 0.487. The summed E-state index contributed by atoms with van der Waals surface area (Å²) in [4.78, 5) is 18.0. The lowest BCUT2D eigenvalue weighted by Gasteiger charge is -2.24. The van der Waals surface area contributed by atoms with Crippen molar-refractivity contribution >= 4 is 18.3 Å². The molecule has 0 N–H and O–H groups in total. The minimum Gasteiger partial charge on any atom is -0.456 e. The zero-order valence-corrected chi connectivity index (χ0v) is 13.0. The highest BCUT2D eigenvalue weighted by Crippen LogP contribution is 2.42. The number of hydrogen-bond donors (Lipinski definition) is 0. The van der Waals surface area contributed by atoms with Crippen LogP contribution in [0.1, 0.15) is 31.2 Å². The minimum absolute atomic E-state index is 0.720. The third kappa shape index (κ3) is 2.69. The van der Waals surface area contributed by atoms with Crippen molar-refractivity contribution in [1.82, 2.24) is 4.90 Å². The third-order valence-electron chi connectivity index (χ3n) is 3.89. The van der Waals surface area contributed by atoms with Crippen molar-refractivity contribution in [3.05, 3.63) is 46.7 Å². The molecule has 22 heavy (non-hydrogen) atoms. The van der Waals surface area contributed by atoms with Gasteiger partial charge in [0.1, 0.15) is 17.8 Å². The molecule has 4 nitrogen and oxygen atoms in total. The van der Waals surface area contributed by atoms with Crippen LogP contribution < -0.4 is 4.74 Å². The third-order valence-corrected chi connectivity index (χ3v) is 3.89. The van der Waals surface area contributed by atoms with Crippen LogP contribution >= 0.6 is 0 Å². The Bertz CT molecular complexity index is 684. The Morgan fingerprint density at radius 2 is 1.95 bits per heavy atom. The van der Waals surface area contributed by atoms with Gasteiger partial charge in [-0.3, -0.25) is 4.79 Å². The number of carbonyl (C=O) groups excluding carboxylic acids is 1. The number of fused-ring (bicyclic) bond motifs is 2. The van der Waals surface area contributed by atoms with Gasteiger partial charge in [0.15, 0.2) is 0 Å². The van der Waals surface area contributed by atoms with E-state index in [0.29, 0.717) is 0 Å². The predicted octanol–water partition coefficient (Wildman–Crippen LogP) is 3.41. The van der Waals surface area contributed by atoms with E-state index in [4.69, 9.17) is 4.74 Å². The number of hydrogen-bond acceptors (Lipinski definition) is 3. The van der Waals surface area contributed by atoms with Gasteiger partial charge in [0.2, 0.25) is 0 Å². The van der Waals surface area contributed by atoms with Crippen molar-refractivity contribution in [2.45, 2.75) is 25.7 Å². The van der Waals surface area contributed by atoms with Gasteiger partial charge in [-0.1, -0.05) is 12.1 Å². The molecule has 114 valence electrons. The molecule has 3 rings (SSSR count). The molecule has 0 fully saturated rings. The second-order valence-electron chi connectivity index (χ2n) is 5.81. The van der Waals surface area contributed by atoms with E-state index in [2.05, 4.69) is 4.99 Å². The molecule has 0 spiro atoms. The summed E-state index contributed by atoms with van der Waals surface area (Å²) in [5.74, 6) is 1.49. The van der Waals surface area contributed by atoms with Gasteiger partial charge in [0, 0.05) is 30.8 Å². The fraction of sp³-hybridized carbons (Fsp3) is 0.333. The SMILES string of the molecule is CN(C)C=NC1=C2CCCCC(C=O)=C2Oc2ccccc21. The van der Waals surface area contributed by atoms with E-state index in [1.54, 1.807) is 6.34 Å². The van der Waals surface area contributed by atoms with E-state index in [-0.39, 0.29) is 0 Å². The Morgan fingerprint density at radius 1 is 1.18 bits per heavy atom. The summed E-state index contributed by atoms with van der Waals surface area (Å²) in [5, 5.41) is 0. The van der Waals surface area contributed by atoms with E-state index >= 15 is 0 Å². The summed E-state index contributed by atoms with van der Waals surface area (Å²) in [6.07, 6.45) is 6.44. The Balaban J connectivity index is 2.22. The first-order chi connectivity index (χ1) is 10.7. The number of ether oxygens (including phenoxy) is 1. The van der Waals surface area contributed by atoms with Crippen molar-refractivity contribution in [3.63, 3.8) is 0 Å². The van der Waals surface area contributed by atoms with Gasteiger partial charge >= 0.3 is 0 Å². The van der Waals surface area contributed by atoms with E-state index in [1.807, 2.05) is 43.3 Å². The van der Waals surface area contributed by atoms with Gasteiger partial charge in [-0.05, 0) is 37.8 Å². The molecule has 0 aromatic heterocycles. The zero-order chi connectivity index (χ0) is 15.5. The number of aldehydes is 1. The molecule has 0 amide bonds. The maximum Gasteiger partial charge on any atom is 0.149 e. The molecule has 1 aliphatic carbocycles. The molecule has 1 aliphatic heterocycles. The van der Waals surface area contributed by atoms with Gasteiger partial charge < -0.3 is 9.64 Å². The minimum atomic E-state index is 0.720. The topological polar surface area (TPSA) is 41.9 Å². The average molecular weight is 296 g/mol. The Labute approximate surface area is 130 Å². The highest BCUT2D eigenvalue weighted by Gasteiger charge is 2.28. The first kappa shape index (κ1) is 14.6. The van der Waals surface area contributed by atoms with Crippen LogP contribution in [0.2, 0.25) is 0 Å². The van der Waals surface area contributed by atoms with Gasteiger partial charge in [0.25, 0.3) is 0 Å². The first-order valence-electron chi connectivity index (χ1n) is 7.60. The maximum absolute atomic E-state index is 11.4. The Morgan fingerprint density at radius 3 is 2.73 bits per heavy atom. The molecule has 0 saturated carbocycles. The number of aliphatic imine (C=N–C) groups is 1. The Kier molecular flexibility index (Phi) is 4.09. The first-order valence-corrected chi connectivity index (χ1v) is 7.60. The van der Waals surface area contributed by atoms with Crippen molar-refractivity contribution in [2.75, 3.05) is 14.1 Å². The van der Waals surface area contributed by atoms with Crippen LogP contribution in [0.5, 0.6) is 5.75 Å². The van der Waals surface area contributed by atoms with Gasteiger partial charge in [0.05, 0.1) is 12.0 Å². The molecule has 2 aliphatic rings.